The maximum atomic E-state index is 11.4. The van der Waals surface area contributed by atoms with Gasteiger partial charge in [0.05, 0.1) is 0 Å². The van der Waals surface area contributed by atoms with Crippen molar-refractivity contribution in [2.75, 3.05) is 5.73 Å². The smallest absolute Gasteiger partial charge is 0.135 e. The quantitative estimate of drug-likeness (QED) is 0.751. The van der Waals surface area contributed by atoms with Crippen LogP contribution in [0.25, 0.3) is 0 Å². The number of rotatable bonds is 5. The highest BCUT2D eigenvalue weighted by atomic mass is 16.1. The molecule has 82 valence electrons. The summed E-state index contributed by atoms with van der Waals surface area (Å²) in [5.74, 6) is 0.516. The van der Waals surface area contributed by atoms with Crippen molar-refractivity contribution >= 4 is 11.5 Å². The molecule has 0 spiro atoms. The Morgan fingerprint density at radius 2 is 1.87 bits per heavy atom. The van der Waals surface area contributed by atoms with Crippen molar-refractivity contribution in [3.63, 3.8) is 0 Å². The Hall–Kier alpha value is -1.31. The molecular weight excluding hydrogens is 186 g/mol. The van der Waals surface area contributed by atoms with Crippen molar-refractivity contribution in [3.05, 3.63) is 29.8 Å². The Labute approximate surface area is 91.5 Å². The van der Waals surface area contributed by atoms with Gasteiger partial charge in [-0.05, 0) is 30.5 Å². The van der Waals surface area contributed by atoms with E-state index < -0.39 is 0 Å². The van der Waals surface area contributed by atoms with Crippen LogP contribution >= 0.6 is 0 Å². The first-order valence-corrected chi connectivity index (χ1v) is 5.46. The summed E-state index contributed by atoms with van der Waals surface area (Å²) >= 11 is 0. The maximum absolute atomic E-state index is 11.4. The number of anilines is 1. The maximum Gasteiger partial charge on any atom is 0.135 e. The zero-order valence-electron chi connectivity index (χ0n) is 9.49. The molecule has 1 rings (SSSR count). The van der Waals surface area contributed by atoms with Crippen LogP contribution < -0.4 is 5.73 Å². The number of nitrogens with two attached hydrogens (primary N) is 1. The van der Waals surface area contributed by atoms with Gasteiger partial charge in [-0.3, -0.25) is 4.79 Å². The van der Waals surface area contributed by atoms with E-state index in [0.717, 1.165) is 18.5 Å². The molecule has 2 heteroatoms. The lowest BCUT2D eigenvalue weighted by Gasteiger charge is -2.04. The lowest BCUT2D eigenvalue weighted by molar-refractivity contribution is -0.121. The fraction of sp³-hybridized carbons (Fsp3) is 0.462. The van der Waals surface area contributed by atoms with Crippen LogP contribution in [0.2, 0.25) is 0 Å². The van der Waals surface area contributed by atoms with Gasteiger partial charge in [-0.2, -0.15) is 0 Å². The Balaban J connectivity index is 2.32. The predicted molar refractivity (Wildman–Crippen MR) is 63.6 cm³/mol. The van der Waals surface area contributed by atoms with Crippen molar-refractivity contribution in [2.45, 2.75) is 33.1 Å². The first-order valence-electron chi connectivity index (χ1n) is 5.46. The minimum Gasteiger partial charge on any atom is -0.399 e. The average molecular weight is 205 g/mol. The summed E-state index contributed by atoms with van der Waals surface area (Å²) in [4.78, 5) is 11.4. The van der Waals surface area contributed by atoms with Gasteiger partial charge in [-0.25, -0.2) is 0 Å². The number of ketones is 1. The molecule has 1 aromatic carbocycles. The number of carbonyl (C=O) groups is 1. The van der Waals surface area contributed by atoms with Crippen molar-refractivity contribution in [3.8, 4) is 0 Å². The molecule has 1 aromatic rings. The predicted octanol–water partition coefficient (Wildman–Crippen LogP) is 2.82. The lowest BCUT2D eigenvalue weighted by Crippen LogP contribution is -2.06. The molecular formula is C13H19NO. The van der Waals surface area contributed by atoms with E-state index in [-0.39, 0.29) is 5.92 Å². The zero-order valence-corrected chi connectivity index (χ0v) is 9.49. The normalized spacial score (nSPS) is 10.6. The van der Waals surface area contributed by atoms with Crippen LogP contribution in [0.3, 0.4) is 0 Å². The van der Waals surface area contributed by atoms with Gasteiger partial charge in [-0.1, -0.05) is 26.0 Å². The summed E-state index contributed by atoms with van der Waals surface area (Å²) in [7, 11) is 0. The van der Waals surface area contributed by atoms with E-state index in [1.807, 2.05) is 38.1 Å². The van der Waals surface area contributed by atoms with E-state index in [9.17, 15) is 4.79 Å². The molecule has 2 nitrogen and oxygen atoms in total. The second kappa shape index (κ2) is 5.54. The highest BCUT2D eigenvalue weighted by molar-refractivity contribution is 5.80. The summed E-state index contributed by atoms with van der Waals surface area (Å²) in [5.41, 5.74) is 7.63. The molecule has 0 heterocycles. The van der Waals surface area contributed by atoms with Gasteiger partial charge in [0.15, 0.2) is 0 Å². The van der Waals surface area contributed by atoms with E-state index in [0.29, 0.717) is 12.2 Å². The summed E-state index contributed by atoms with van der Waals surface area (Å²) in [6.45, 7) is 3.90. The molecule has 0 atom stereocenters. The molecule has 0 aliphatic rings. The number of nitrogen functional groups attached to an aromatic ring is 1. The monoisotopic (exact) mass is 205 g/mol. The Morgan fingerprint density at radius 1 is 1.27 bits per heavy atom. The first kappa shape index (κ1) is 11.8. The van der Waals surface area contributed by atoms with Gasteiger partial charge in [-0.15, -0.1) is 0 Å². The molecule has 0 aromatic heterocycles. The molecule has 0 saturated heterocycles. The van der Waals surface area contributed by atoms with Crippen LogP contribution in [-0.4, -0.2) is 5.78 Å². The minimum atomic E-state index is 0.163. The number of aryl methyl sites for hydroxylation is 1. The molecule has 0 aliphatic heterocycles. The van der Waals surface area contributed by atoms with Crippen LogP contribution in [0.4, 0.5) is 5.69 Å². The first-order chi connectivity index (χ1) is 7.09. The SMILES string of the molecule is CC(C)C(=O)CCCc1ccc(N)cc1. The fourth-order valence-electron chi connectivity index (χ4n) is 1.44. The Morgan fingerprint density at radius 3 is 2.40 bits per heavy atom. The molecule has 0 radical (unpaired) electrons. The van der Waals surface area contributed by atoms with Gasteiger partial charge >= 0.3 is 0 Å². The van der Waals surface area contributed by atoms with Crippen LogP contribution in [0.5, 0.6) is 0 Å². The van der Waals surface area contributed by atoms with Gasteiger partial charge in [0.25, 0.3) is 0 Å². The van der Waals surface area contributed by atoms with Crippen molar-refractivity contribution in [2.24, 2.45) is 5.92 Å². The van der Waals surface area contributed by atoms with Crippen LogP contribution in [0, 0.1) is 5.92 Å². The number of carbonyl (C=O) groups excluding carboxylic acids is 1. The molecule has 0 fully saturated rings. The fourth-order valence-corrected chi connectivity index (χ4v) is 1.44. The highest BCUT2D eigenvalue weighted by Gasteiger charge is 2.06. The summed E-state index contributed by atoms with van der Waals surface area (Å²) < 4.78 is 0. The van der Waals surface area contributed by atoms with E-state index >= 15 is 0 Å². The van der Waals surface area contributed by atoms with Crippen molar-refractivity contribution in [1.82, 2.24) is 0 Å². The van der Waals surface area contributed by atoms with Gasteiger partial charge in [0, 0.05) is 18.0 Å². The van der Waals surface area contributed by atoms with E-state index in [4.69, 9.17) is 5.73 Å². The number of benzene rings is 1. The third-order valence-electron chi connectivity index (χ3n) is 2.51. The van der Waals surface area contributed by atoms with Crippen LogP contribution in [-0.2, 0) is 11.2 Å². The third kappa shape index (κ3) is 4.15. The van der Waals surface area contributed by atoms with Gasteiger partial charge in [0.1, 0.15) is 5.78 Å². The van der Waals surface area contributed by atoms with E-state index in [1.165, 1.54) is 5.56 Å². The second-order valence-electron chi connectivity index (χ2n) is 4.22. The molecule has 0 bridgehead atoms. The Bertz CT molecular complexity index is 314. The summed E-state index contributed by atoms with van der Waals surface area (Å²) in [6.07, 6.45) is 2.57. The van der Waals surface area contributed by atoms with Gasteiger partial charge < -0.3 is 5.73 Å². The molecule has 0 unspecified atom stereocenters. The number of hydrogen-bond acceptors (Lipinski definition) is 2. The molecule has 0 amide bonds. The van der Waals surface area contributed by atoms with Crippen LogP contribution in [0.1, 0.15) is 32.3 Å². The summed E-state index contributed by atoms with van der Waals surface area (Å²) in [6, 6.07) is 7.85. The zero-order chi connectivity index (χ0) is 11.3. The van der Waals surface area contributed by atoms with Crippen molar-refractivity contribution < 1.29 is 4.79 Å². The number of Topliss-reactive ketones (excluding diaryl/α,β-unsaturated/α-hetero) is 1. The van der Waals surface area contributed by atoms with E-state index in [1.54, 1.807) is 0 Å². The standard InChI is InChI=1S/C13H19NO/c1-10(2)13(15)5-3-4-11-6-8-12(14)9-7-11/h6-10H,3-5,14H2,1-2H3. The summed E-state index contributed by atoms with van der Waals surface area (Å²) in [5, 5.41) is 0. The molecule has 0 aliphatic carbocycles. The average Bonchev–Trinajstić information content (AvgIpc) is 2.20. The molecule has 15 heavy (non-hydrogen) atoms. The molecule has 2 N–H and O–H groups in total. The molecule has 0 saturated carbocycles. The topological polar surface area (TPSA) is 43.1 Å². The number of hydrogen-bond donors (Lipinski definition) is 1. The Kier molecular flexibility index (Phi) is 4.35. The largest absolute Gasteiger partial charge is 0.399 e. The van der Waals surface area contributed by atoms with Crippen LogP contribution in [0.15, 0.2) is 24.3 Å². The second-order valence-corrected chi connectivity index (χ2v) is 4.22. The van der Waals surface area contributed by atoms with E-state index in [2.05, 4.69) is 0 Å². The third-order valence-corrected chi connectivity index (χ3v) is 2.51. The highest BCUT2D eigenvalue weighted by Crippen LogP contribution is 2.10. The van der Waals surface area contributed by atoms with Crippen molar-refractivity contribution in [1.29, 1.82) is 0 Å². The minimum absolute atomic E-state index is 0.163. The lowest BCUT2D eigenvalue weighted by atomic mass is 10.0. The van der Waals surface area contributed by atoms with Gasteiger partial charge in [0.2, 0.25) is 0 Å².